The number of benzene rings is 1. The fraction of sp³-hybridized carbons (Fsp3) is 0.533. The Kier molecular flexibility index (Phi) is 7.54. The molecule has 1 unspecified atom stereocenters. The maximum Gasteiger partial charge on any atom is 0.422 e. The van der Waals surface area contributed by atoms with E-state index in [1.54, 1.807) is 6.92 Å². The highest BCUT2D eigenvalue weighted by Crippen LogP contribution is 2.27. The predicted octanol–water partition coefficient (Wildman–Crippen LogP) is 3.04. The lowest BCUT2D eigenvalue weighted by Crippen LogP contribution is -2.29. The monoisotopic (exact) mass is 388 g/mol. The predicted molar refractivity (Wildman–Crippen MR) is 80.1 cm³/mol. The van der Waals surface area contributed by atoms with Crippen LogP contribution in [0, 0.1) is 0 Å². The van der Waals surface area contributed by atoms with Gasteiger partial charge < -0.3 is 20.5 Å². The van der Waals surface area contributed by atoms with Crippen LogP contribution in [0.3, 0.4) is 0 Å². The van der Waals surface area contributed by atoms with E-state index >= 15 is 0 Å². The van der Waals surface area contributed by atoms with Gasteiger partial charge in [-0.15, -0.1) is 0 Å². The Morgan fingerprint density at radius 2 is 1.69 bits per heavy atom. The largest absolute Gasteiger partial charge is 0.484 e. The summed E-state index contributed by atoms with van der Waals surface area (Å²) in [5, 5.41) is 2.41. The van der Waals surface area contributed by atoms with Crippen molar-refractivity contribution in [2.45, 2.75) is 31.7 Å². The molecule has 3 N–H and O–H groups in total. The third kappa shape index (κ3) is 8.79. The minimum atomic E-state index is -4.64. The Balaban J connectivity index is 2.95. The summed E-state index contributed by atoms with van der Waals surface area (Å²) in [5.74, 6) is -1.58. The van der Waals surface area contributed by atoms with Crippen LogP contribution in [0.25, 0.3) is 0 Å². The summed E-state index contributed by atoms with van der Waals surface area (Å²) in [7, 11) is 0. The molecule has 0 bridgehead atoms. The van der Waals surface area contributed by atoms with Gasteiger partial charge in [-0.2, -0.15) is 26.3 Å². The van der Waals surface area contributed by atoms with Gasteiger partial charge in [0.05, 0.1) is 5.56 Å². The Bertz CT molecular complexity index is 602. The molecule has 0 heterocycles. The molecule has 0 aliphatic heterocycles. The highest BCUT2D eigenvalue weighted by Gasteiger charge is 2.30. The van der Waals surface area contributed by atoms with E-state index in [2.05, 4.69) is 14.8 Å². The Labute approximate surface area is 145 Å². The molecule has 0 aromatic heterocycles. The Morgan fingerprint density at radius 1 is 1.12 bits per heavy atom. The van der Waals surface area contributed by atoms with Crippen molar-refractivity contribution in [3.8, 4) is 11.5 Å². The molecule has 0 aliphatic carbocycles. The van der Waals surface area contributed by atoms with Crippen LogP contribution in [0.2, 0.25) is 0 Å². The fourth-order valence-corrected chi connectivity index (χ4v) is 1.74. The number of rotatable bonds is 8. The van der Waals surface area contributed by atoms with Gasteiger partial charge in [-0.3, -0.25) is 4.79 Å². The summed E-state index contributed by atoms with van der Waals surface area (Å²) in [6, 6.07) is 2.59. The molecule has 0 aliphatic rings. The van der Waals surface area contributed by atoms with Crippen LogP contribution in [0.5, 0.6) is 11.5 Å². The van der Waals surface area contributed by atoms with E-state index in [-0.39, 0.29) is 23.9 Å². The van der Waals surface area contributed by atoms with Crippen LogP contribution < -0.4 is 20.5 Å². The number of hydrogen-bond donors (Lipinski definition) is 2. The number of nitrogens with one attached hydrogen (secondary N) is 1. The highest BCUT2D eigenvalue weighted by molar-refractivity contribution is 5.97. The van der Waals surface area contributed by atoms with Crippen molar-refractivity contribution in [3.05, 3.63) is 23.8 Å². The van der Waals surface area contributed by atoms with Gasteiger partial charge in [0.2, 0.25) is 0 Å². The molecule has 0 saturated carbocycles. The first-order chi connectivity index (χ1) is 11.9. The van der Waals surface area contributed by atoms with Crippen LogP contribution in [0.4, 0.5) is 26.3 Å². The van der Waals surface area contributed by atoms with Crippen LogP contribution in [0.1, 0.15) is 23.7 Å². The number of amides is 1. The van der Waals surface area contributed by atoms with Crippen molar-refractivity contribution in [1.82, 2.24) is 5.32 Å². The van der Waals surface area contributed by atoms with E-state index in [4.69, 9.17) is 5.73 Å². The first-order valence-electron chi connectivity index (χ1n) is 7.44. The lowest BCUT2D eigenvalue weighted by atomic mass is 10.1. The first-order valence-corrected chi connectivity index (χ1v) is 7.44. The first kappa shape index (κ1) is 21.9. The summed E-state index contributed by atoms with van der Waals surface area (Å²) in [5.41, 5.74) is 5.14. The SMILES string of the molecule is CC(N)CCNC(=O)c1cc(OCC(F)(F)F)ccc1OCC(F)(F)F. The van der Waals surface area contributed by atoms with Crippen LogP contribution in [-0.2, 0) is 0 Å². The van der Waals surface area contributed by atoms with Crippen molar-refractivity contribution in [1.29, 1.82) is 0 Å². The summed E-state index contributed by atoms with van der Waals surface area (Å²) in [6.45, 7) is -1.45. The maximum absolute atomic E-state index is 12.3. The second-order valence-electron chi connectivity index (χ2n) is 5.49. The molecular formula is C15H18F6N2O3. The maximum atomic E-state index is 12.3. The average molecular weight is 388 g/mol. The van der Waals surface area contributed by atoms with Gasteiger partial charge in [-0.25, -0.2) is 0 Å². The Hall–Kier alpha value is -2.17. The lowest BCUT2D eigenvalue weighted by Gasteiger charge is -2.15. The normalized spacial score (nSPS) is 13.2. The van der Waals surface area contributed by atoms with E-state index < -0.39 is 37.2 Å². The molecule has 1 aromatic carbocycles. The highest BCUT2D eigenvalue weighted by atomic mass is 19.4. The van der Waals surface area contributed by atoms with E-state index in [0.717, 1.165) is 18.2 Å². The average Bonchev–Trinajstić information content (AvgIpc) is 2.49. The number of nitrogens with two attached hydrogens (primary N) is 1. The minimum Gasteiger partial charge on any atom is -0.484 e. The van der Waals surface area contributed by atoms with Gasteiger partial charge in [0.1, 0.15) is 11.5 Å². The van der Waals surface area contributed by atoms with Gasteiger partial charge in [-0.1, -0.05) is 0 Å². The molecule has 1 atom stereocenters. The molecule has 0 saturated heterocycles. The third-order valence-electron chi connectivity index (χ3n) is 2.87. The summed E-state index contributed by atoms with van der Waals surface area (Å²) >= 11 is 0. The molecule has 1 aromatic rings. The van der Waals surface area contributed by atoms with E-state index in [1.165, 1.54) is 0 Å². The third-order valence-corrected chi connectivity index (χ3v) is 2.87. The van der Waals surface area contributed by atoms with Crippen LogP contribution in [-0.4, -0.2) is 44.1 Å². The lowest BCUT2D eigenvalue weighted by molar-refractivity contribution is -0.154. The molecule has 0 fully saturated rings. The zero-order valence-electron chi connectivity index (χ0n) is 13.7. The smallest absolute Gasteiger partial charge is 0.422 e. The van der Waals surface area contributed by atoms with Crippen molar-refractivity contribution in [3.63, 3.8) is 0 Å². The molecule has 0 radical (unpaired) electrons. The summed E-state index contributed by atoms with van der Waals surface area (Å²) in [6.07, 6.45) is -8.85. The van der Waals surface area contributed by atoms with E-state index in [1.807, 2.05) is 0 Å². The fourth-order valence-electron chi connectivity index (χ4n) is 1.74. The van der Waals surface area contributed by atoms with Gasteiger partial charge in [0, 0.05) is 12.6 Å². The molecule has 0 spiro atoms. The number of carbonyl (C=O) groups excluding carboxylic acids is 1. The molecule has 148 valence electrons. The number of alkyl halides is 6. The molecule has 1 amide bonds. The van der Waals surface area contributed by atoms with Crippen LogP contribution in [0.15, 0.2) is 18.2 Å². The van der Waals surface area contributed by atoms with Gasteiger partial charge >= 0.3 is 12.4 Å². The second kappa shape index (κ2) is 8.97. The van der Waals surface area contributed by atoms with E-state index in [0.29, 0.717) is 6.42 Å². The van der Waals surface area contributed by atoms with Crippen molar-refractivity contribution in [2.24, 2.45) is 5.73 Å². The van der Waals surface area contributed by atoms with Gasteiger partial charge in [-0.05, 0) is 31.5 Å². The van der Waals surface area contributed by atoms with Crippen LogP contribution >= 0.6 is 0 Å². The molecule has 26 heavy (non-hydrogen) atoms. The minimum absolute atomic E-state index is 0.128. The zero-order chi connectivity index (χ0) is 20.0. The Morgan fingerprint density at radius 3 is 2.23 bits per heavy atom. The topological polar surface area (TPSA) is 73.6 Å². The second-order valence-corrected chi connectivity index (χ2v) is 5.49. The number of hydrogen-bond acceptors (Lipinski definition) is 4. The molecule has 5 nitrogen and oxygen atoms in total. The van der Waals surface area contributed by atoms with Crippen molar-refractivity contribution < 1.29 is 40.6 Å². The molecular weight excluding hydrogens is 370 g/mol. The van der Waals surface area contributed by atoms with E-state index in [9.17, 15) is 31.1 Å². The number of ether oxygens (including phenoxy) is 2. The van der Waals surface area contributed by atoms with Gasteiger partial charge in [0.15, 0.2) is 13.2 Å². The standard InChI is InChI=1S/C15H18F6N2O3/c1-9(22)4-5-23-13(24)11-6-10(25-7-14(16,17)18)2-3-12(11)26-8-15(19,20)21/h2-3,6,9H,4-5,7-8,22H2,1H3,(H,23,24). The van der Waals surface area contributed by atoms with Gasteiger partial charge in [0.25, 0.3) is 5.91 Å². The number of halogens is 6. The quantitative estimate of drug-likeness (QED) is 0.672. The summed E-state index contributed by atoms with van der Waals surface area (Å²) in [4.78, 5) is 12.1. The molecule has 1 rings (SSSR count). The summed E-state index contributed by atoms with van der Waals surface area (Å²) < 4.78 is 82.6. The molecule has 11 heteroatoms. The van der Waals surface area contributed by atoms with Crippen molar-refractivity contribution >= 4 is 5.91 Å². The number of carbonyl (C=O) groups is 1. The zero-order valence-corrected chi connectivity index (χ0v) is 13.7. The van der Waals surface area contributed by atoms with Crippen molar-refractivity contribution in [2.75, 3.05) is 19.8 Å².